The van der Waals surface area contributed by atoms with E-state index in [-0.39, 0.29) is 30.8 Å². The van der Waals surface area contributed by atoms with Crippen molar-refractivity contribution in [3.63, 3.8) is 0 Å². The largest absolute Gasteiger partial charge is 0.426 e. The number of amides is 1. The number of hydrogen-bond donors (Lipinski definition) is 1. The Morgan fingerprint density at radius 1 is 1.36 bits per heavy atom. The standard InChI is InChI=1S/C17H20N2O3/c1-10-8-14(10)17(21)19-5-4-15(20)22-16-11(2)6-13(9-18)7-12(16)3/h6-7,10,14H,4-5,8H2,1-3H3,(H,19,21)/t10-,14-/m1/s1. The van der Waals surface area contributed by atoms with Gasteiger partial charge in [-0.3, -0.25) is 9.59 Å². The van der Waals surface area contributed by atoms with Gasteiger partial charge in [-0.05, 0) is 49.4 Å². The van der Waals surface area contributed by atoms with E-state index in [1.54, 1.807) is 26.0 Å². The molecule has 2 atom stereocenters. The van der Waals surface area contributed by atoms with Crippen molar-refractivity contribution in [1.82, 2.24) is 5.32 Å². The second-order valence-electron chi connectivity index (χ2n) is 5.89. The molecule has 0 spiro atoms. The van der Waals surface area contributed by atoms with Crippen LogP contribution in [-0.2, 0) is 9.59 Å². The second-order valence-corrected chi connectivity index (χ2v) is 5.89. The number of esters is 1. The molecule has 1 aliphatic carbocycles. The van der Waals surface area contributed by atoms with Crippen molar-refractivity contribution in [2.45, 2.75) is 33.6 Å². The maximum atomic E-state index is 11.9. The second kappa shape index (κ2) is 6.61. The van der Waals surface area contributed by atoms with E-state index in [9.17, 15) is 9.59 Å². The van der Waals surface area contributed by atoms with Gasteiger partial charge in [-0.2, -0.15) is 5.26 Å². The van der Waals surface area contributed by atoms with Crippen LogP contribution in [-0.4, -0.2) is 18.4 Å². The first-order valence-electron chi connectivity index (χ1n) is 7.42. The summed E-state index contributed by atoms with van der Waals surface area (Å²) in [6.07, 6.45) is 1.06. The molecule has 1 amide bonds. The Morgan fingerprint density at radius 2 is 1.95 bits per heavy atom. The fourth-order valence-electron chi connectivity index (χ4n) is 2.45. The average molecular weight is 300 g/mol. The molecule has 0 saturated heterocycles. The normalized spacial score (nSPS) is 19.2. The third-order valence-electron chi connectivity index (χ3n) is 3.88. The van der Waals surface area contributed by atoms with E-state index in [1.165, 1.54) is 0 Å². The zero-order valence-corrected chi connectivity index (χ0v) is 13.1. The maximum absolute atomic E-state index is 11.9. The highest BCUT2D eigenvalue weighted by Gasteiger charge is 2.38. The molecule has 22 heavy (non-hydrogen) atoms. The minimum atomic E-state index is -0.389. The number of rotatable bonds is 5. The van der Waals surface area contributed by atoms with Gasteiger partial charge in [0.05, 0.1) is 18.1 Å². The summed E-state index contributed by atoms with van der Waals surface area (Å²) in [7, 11) is 0. The molecule has 5 nitrogen and oxygen atoms in total. The molecule has 1 N–H and O–H groups in total. The number of nitrogens with zero attached hydrogens (tertiary/aromatic N) is 1. The van der Waals surface area contributed by atoms with Gasteiger partial charge < -0.3 is 10.1 Å². The van der Waals surface area contributed by atoms with Crippen LogP contribution in [0.15, 0.2) is 12.1 Å². The van der Waals surface area contributed by atoms with Gasteiger partial charge in [0, 0.05) is 12.5 Å². The Bertz CT molecular complexity index is 623. The molecule has 0 aromatic heterocycles. The summed E-state index contributed by atoms with van der Waals surface area (Å²) in [5, 5.41) is 11.7. The summed E-state index contributed by atoms with van der Waals surface area (Å²) >= 11 is 0. The lowest BCUT2D eigenvalue weighted by molar-refractivity contribution is -0.134. The van der Waals surface area contributed by atoms with Crippen molar-refractivity contribution in [3.8, 4) is 11.8 Å². The molecule has 1 fully saturated rings. The Labute approximate surface area is 130 Å². The van der Waals surface area contributed by atoms with Crippen LogP contribution >= 0.6 is 0 Å². The average Bonchev–Trinajstić information content (AvgIpc) is 3.19. The summed E-state index contributed by atoms with van der Waals surface area (Å²) in [6, 6.07) is 5.44. The highest BCUT2D eigenvalue weighted by Crippen LogP contribution is 2.37. The van der Waals surface area contributed by atoms with Crippen molar-refractivity contribution < 1.29 is 14.3 Å². The van der Waals surface area contributed by atoms with Crippen molar-refractivity contribution >= 4 is 11.9 Å². The Kier molecular flexibility index (Phi) is 4.81. The number of nitrogens with one attached hydrogen (secondary N) is 1. The molecule has 1 saturated carbocycles. The molecular weight excluding hydrogens is 280 g/mol. The molecular formula is C17H20N2O3. The van der Waals surface area contributed by atoms with Crippen molar-refractivity contribution in [2.24, 2.45) is 11.8 Å². The van der Waals surface area contributed by atoms with Gasteiger partial charge in [-0.1, -0.05) is 6.92 Å². The molecule has 2 rings (SSSR count). The first-order chi connectivity index (χ1) is 10.4. The van der Waals surface area contributed by atoms with Crippen LogP contribution < -0.4 is 10.1 Å². The van der Waals surface area contributed by atoms with Crippen LogP contribution in [0.1, 0.15) is 36.5 Å². The molecule has 0 bridgehead atoms. The topological polar surface area (TPSA) is 79.2 Å². The van der Waals surface area contributed by atoms with Gasteiger partial charge in [0.25, 0.3) is 0 Å². The van der Waals surface area contributed by atoms with E-state index in [2.05, 4.69) is 11.4 Å². The van der Waals surface area contributed by atoms with Crippen LogP contribution in [0, 0.1) is 37.0 Å². The Balaban J connectivity index is 1.84. The number of nitriles is 1. The van der Waals surface area contributed by atoms with Crippen molar-refractivity contribution in [2.75, 3.05) is 6.54 Å². The van der Waals surface area contributed by atoms with E-state index in [1.807, 2.05) is 6.92 Å². The highest BCUT2D eigenvalue weighted by atomic mass is 16.5. The van der Waals surface area contributed by atoms with Gasteiger partial charge >= 0.3 is 5.97 Å². The SMILES string of the molecule is Cc1cc(C#N)cc(C)c1OC(=O)CCNC(=O)[C@@H]1C[C@H]1C. The van der Waals surface area contributed by atoms with E-state index < -0.39 is 0 Å². The molecule has 0 unspecified atom stereocenters. The maximum Gasteiger partial charge on any atom is 0.312 e. The number of carbonyl (C=O) groups is 2. The van der Waals surface area contributed by atoms with Crippen LogP contribution in [0.25, 0.3) is 0 Å². The molecule has 1 aromatic rings. The van der Waals surface area contributed by atoms with Gasteiger partial charge in [-0.25, -0.2) is 0 Å². The zero-order valence-electron chi connectivity index (χ0n) is 13.1. The van der Waals surface area contributed by atoms with Gasteiger partial charge in [0.1, 0.15) is 5.75 Å². The minimum absolute atomic E-state index is 0.0195. The number of carbonyl (C=O) groups excluding carboxylic acids is 2. The van der Waals surface area contributed by atoms with Crippen LogP contribution in [0.3, 0.4) is 0 Å². The number of benzene rings is 1. The molecule has 0 radical (unpaired) electrons. The van der Waals surface area contributed by atoms with Crippen LogP contribution in [0.5, 0.6) is 5.75 Å². The lowest BCUT2D eigenvalue weighted by Crippen LogP contribution is -2.28. The molecule has 5 heteroatoms. The summed E-state index contributed by atoms with van der Waals surface area (Å²) in [5.74, 6) is 0.687. The monoisotopic (exact) mass is 300 g/mol. The van der Waals surface area contributed by atoms with E-state index in [0.29, 0.717) is 17.2 Å². The molecule has 0 heterocycles. The summed E-state index contributed by atoms with van der Waals surface area (Å²) < 4.78 is 5.35. The molecule has 1 aromatic carbocycles. The van der Waals surface area contributed by atoms with E-state index in [4.69, 9.17) is 10.00 Å². The summed E-state index contributed by atoms with van der Waals surface area (Å²) in [4.78, 5) is 23.5. The Hall–Kier alpha value is -2.35. The van der Waals surface area contributed by atoms with Crippen molar-refractivity contribution in [3.05, 3.63) is 28.8 Å². The highest BCUT2D eigenvalue weighted by molar-refractivity contribution is 5.82. The third kappa shape index (κ3) is 3.85. The van der Waals surface area contributed by atoms with Crippen LogP contribution in [0.4, 0.5) is 0 Å². The zero-order chi connectivity index (χ0) is 16.3. The number of ether oxygens (including phenoxy) is 1. The summed E-state index contributed by atoms with van der Waals surface area (Å²) in [6.45, 7) is 5.92. The number of aryl methyl sites for hydroxylation is 2. The minimum Gasteiger partial charge on any atom is -0.426 e. The number of hydrogen-bond acceptors (Lipinski definition) is 4. The smallest absolute Gasteiger partial charge is 0.312 e. The first kappa shape index (κ1) is 16.0. The quantitative estimate of drug-likeness (QED) is 0.668. The first-order valence-corrected chi connectivity index (χ1v) is 7.42. The Morgan fingerprint density at radius 3 is 2.45 bits per heavy atom. The van der Waals surface area contributed by atoms with Gasteiger partial charge in [-0.15, -0.1) is 0 Å². The van der Waals surface area contributed by atoms with E-state index >= 15 is 0 Å². The fraction of sp³-hybridized carbons (Fsp3) is 0.471. The van der Waals surface area contributed by atoms with Crippen molar-refractivity contribution in [1.29, 1.82) is 5.26 Å². The molecule has 116 valence electrons. The van der Waals surface area contributed by atoms with E-state index in [0.717, 1.165) is 17.5 Å². The van der Waals surface area contributed by atoms with Crippen LogP contribution in [0.2, 0.25) is 0 Å². The summed E-state index contributed by atoms with van der Waals surface area (Å²) in [5.41, 5.74) is 2.04. The lowest BCUT2D eigenvalue weighted by Gasteiger charge is -2.11. The van der Waals surface area contributed by atoms with Gasteiger partial charge in [0.2, 0.25) is 5.91 Å². The predicted molar refractivity (Wildman–Crippen MR) is 81.2 cm³/mol. The van der Waals surface area contributed by atoms with Gasteiger partial charge in [0.15, 0.2) is 0 Å². The third-order valence-corrected chi connectivity index (χ3v) is 3.88. The lowest BCUT2D eigenvalue weighted by atomic mass is 10.1. The fourth-order valence-corrected chi connectivity index (χ4v) is 2.45. The molecule has 1 aliphatic rings. The predicted octanol–water partition coefficient (Wildman–Crippen LogP) is 2.24. The molecule has 0 aliphatic heterocycles.